The zero-order valence-electron chi connectivity index (χ0n) is 12.1. The zero-order valence-corrected chi connectivity index (χ0v) is 13.8. The second kappa shape index (κ2) is 6.61. The lowest BCUT2D eigenvalue weighted by Crippen LogP contribution is -2.21. The standard InChI is InChI=1S/C13H18N4O2S2/c1-9(15-8-13-17-16-10(2)20-13)11-5-4-6-12(7-11)21(18,19)14-3/h4-7,9,14-15H,8H2,1-3H3. The van der Waals surface area contributed by atoms with Crippen molar-refractivity contribution >= 4 is 21.4 Å². The van der Waals surface area contributed by atoms with Gasteiger partial charge < -0.3 is 5.32 Å². The summed E-state index contributed by atoms with van der Waals surface area (Å²) < 4.78 is 25.9. The van der Waals surface area contributed by atoms with E-state index < -0.39 is 10.0 Å². The van der Waals surface area contributed by atoms with Crippen molar-refractivity contribution in [2.45, 2.75) is 31.3 Å². The highest BCUT2D eigenvalue weighted by molar-refractivity contribution is 7.89. The largest absolute Gasteiger partial charge is 0.304 e. The van der Waals surface area contributed by atoms with Crippen LogP contribution in [0.5, 0.6) is 0 Å². The number of aryl methyl sites for hydroxylation is 1. The van der Waals surface area contributed by atoms with E-state index in [1.165, 1.54) is 7.05 Å². The van der Waals surface area contributed by atoms with Gasteiger partial charge in [0.2, 0.25) is 10.0 Å². The first-order valence-corrected chi connectivity index (χ1v) is 8.78. The second-order valence-corrected chi connectivity index (χ2v) is 7.75. The van der Waals surface area contributed by atoms with Crippen LogP contribution in [0.1, 0.15) is 28.5 Å². The number of hydrogen-bond donors (Lipinski definition) is 2. The monoisotopic (exact) mass is 326 g/mol. The highest BCUT2D eigenvalue weighted by Gasteiger charge is 2.14. The van der Waals surface area contributed by atoms with E-state index in [9.17, 15) is 8.42 Å². The molecule has 0 aliphatic carbocycles. The molecule has 8 heteroatoms. The van der Waals surface area contributed by atoms with Gasteiger partial charge in [0.05, 0.1) is 11.4 Å². The third kappa shape index (κ3) is 4.07. The van der Waals surface area contributed by atoms with Crippen LogP contribution in [0.25, 0.3) is 0 Å². The molecule has 1 atom stereocenters. The van der Waals surface area contributed by atoms with E-state index in [0.29, 0.717) is 6.54 Å². The molecule has 114 valence electrons. The Labute approximate surface area is 128 Å². The van der Waals surface area contributed by atoms with E-state index in [0.717, 1.165) is 15.6 Å². The van der Waals surface area contributed by atoms with Crippen molar-refractivity contribution in [2.24, 2.45) is 0 Å². The fourth-order valence-corrected chi connectivity index (χ4v) is 3.28. The first-order chi connectivity index (χ1) is 9.92. The number of sulfonamides is 1. The Bertz CT molecular complexity index is 712. The smallest absolute Gasteiger partial charge is 0.240 e. The van der Waals surface area contributed by atoms with Gasteiger partial charge in [-0.3, -0.25) is 0 Å². The number of aromatic nitrogens is 2. The highest BCUT2D eigenvalue weighted by Crippen LogP contribution is 2.18. The molecule has 0 aliphatic rings. The molecule has 0 aliphatic heterocycles. The van der Waals surface area contributed by atoms with Crippen LogP contribution < -0.4 is 10.0 Å². The van der Waals surface area contributed by atoms with E-state index >= 15 is 0 Å². The quantitative estimate of drug-likeness (QED) is 0.842. The van der Waals surface area contributed by atoms with E-state index in [4.69, 9.17) is 0 Å². The Balaban J connectivity index is 2.09. The van der Waals surface area contributed by atoms with Crippen LogP contribution in [0.4, 0.5) is 0 Å². The Kier molecular flexibility index (Phi) is 5.04. The fraction of sp³-hybridized carbons (Fsp3) is 0.385. The SMILES string of the molecule is CNS(=O)(=O)c1cccc(C(C)NCc2nnc(C)s2)c1. The summed E-state index contributed by atoms with van der Waals surface area (Å²) in [6.45, 7) is 4.51. The summed E-state index contributed by atoms with van der Waals surface area (Å²) in [5.74, 6) is 0. The molecular weight excluding hydrogens is 308 g/mol. The molecule has 0 bridgehead atoms. The minimum Gasteiger partial charge on any atom is -0.304 e. The lowest BCUT2D eigenvalue weighted by Gasteiger charge is -2.14. The average molecular weight is 326 g/mol. The summed E-state index contributed by atoms with van der Waals surface area (Å²) >= 11 is 1.55. The van der Waals surface area contributed by atoms with E-state index in [2.05, 4.69) is 20.2 Å². The van der Waals surface area contributed by atoms with Gasteiger partial charge in [0, 0.05) is 6.04 Å². The molecule has 0 spiro atoms. The summed E-state index contributed by atoms with van der Waals surface area (Å²) in [6.07, 6.45) is 0. The molecule has 0 radical (unpaired) electrons. The normalized spacial score (nSPS) is 13.3. The molecule has 2 rings (SSSR count). The minimum absolute atomic E-state index is 0.0150. The maximum absolute atomic E-state index is 11.8. The van der Waals surface area contributed by atoms with Gasteiger partial charge in [-0.1, -0.05) is 12.1 Å². The Morgan fingerprint density at radius 1 is 1.33 bits per heavy atom. The van der Waals surface area contributed by atoms with Gasteiger partial charge in [-0.05, 0) is 38.6 Å². The van der Waals surface area contributed by atoms with Crippen molar-refractivity contribution < 1.29 is 8.42 Å². The molecule has 6 nitrogen and oxygen atoms in total. The maximum atomic E-state index is 11.8. The molecule has 0 saturated carbocycles. The van der Waals surface area contributed by atoms with Crippen LogP contribution in [0.2, 0.25) is 0 Å². The van der Waals surface area contributed by atoms with Crippen LogP contribution in [-0.4, -0.2) is 25.7 Å². The van der Waals surface area contributed by atoms with Gasteiger partial charge >= 0.3 is 0 Å². The number of nitrogens with zero attached hydrogens (tertiary/aromatic N) is 2. The molecule has 1 unspecified atom stereocenters. The first kappa shape index (κ1) is 16.0. The molecule has 21 heavy (non-hydrogen) atoms. The van der Waals surface area contributed by atoms with Gasteiger partial charge in [0.1, 0.15) is 10.0 Å². The zero-order chi connectivity index (χ0) is 15.5. The predicted molar refractivity (Wildman–Crippen MR) is 82.6 cm³/mol. The van der Waals surface area contributed by atoms with E-state index in [1.807, 2.05) is 19.9 Å². The van der Waals surface area contributed by atoms with Gasteiger partial charge in [-0.15, -0.1) is 21.5 Å². The summed E-state index contributed by atoms with van der Waals surface area (Å²) in [7, 11) is -2.01. The van der Waals surface area contributed by atoms with Gasteiger partial charge in [-0.2, -0.15) is 0 Å². The Morgan fingerprint density at radius 3 is 2.71 bits per heavy atom. The molecule has 0 fully saturated rings. The Morgan fingerprint density at radius 2 is 2.10 bits per heavy atom. The van der Waals surface area contributed by atoms with Gasteiger partial charge in [0.15, 0.2) is 0 Å². The summed E-state index contributed by atoms with van der Waals surface area (Å²) in [5.41, 5.74) is 0.910. The van der Waals surface area contributed by atoms with Crippen molar-refractivity contribution in [1.29, 1.82) is 0 Å². The van der Waals surface area contributed by atoms with Crippen molar-refractivity contribution in [2.75, 3.05) is 7.05 Å². The molecule has 0 saturated heterocycles. The van der Waals surface area contributed by atoms with Gasteiger partial charge in [-0.25, -0.2) is 13.1 Å². The van der Waals surface area contributed by atoms with E-state index in [1.54, 1.807) is 29.5 Å². The van der Waals surface area contributed by atoms with Crippen LogP contribution in [-0.2, 0) is 16.6 Å². The summed E-state index contributed by atoms with van der Waals surface area (Å²) in [4.78, 5) is 0.267. The maximum Gasteiger partial charge on any atom is 0.240 e. The molecule has 0 amide bonds. The van der Waals surface area contributed by atoms with Crippen LogP contribution in [0, 0.1) is 6.92 Å². The average Bonchev–Trinajstić information content (AvgIpc) is 2.90. The van der Waals surface area contributed by atoms with Gasteiger partial charge in [0.25, 0.3) is 0 Å². The summed E-state index contributed by atoms with van der Waals surface area (Å²) in [5, 5.41) is 13.2. The predicted octanol–water partition coefficient (Wildman–Crippen LogP) is 1.61. The van der Waals surface area contributed by atoms with Crippen molar-refractivity contribution in [3.05, 3.63) is 39.8 Å². The Hall–Kier alpha value is -1.35. The number of benzene rings is 1. The highest BCUT2D eigenvalue weighted by atomic mass is 32.2. The lowest BCUT2D eigenvalue weighted by atomic mass is 10.1. The lowest BCUT2D eigenvalue weighted by molar-refractivity contribution is 0.568. The number of nitrogens with one attached hydrogen (secondary N) is 2. The van der Waals surface area contributed by atoms with Crippen LogP contribution >= 0.6 is 11.3 Å². The molecule has 1 aromatic heterocycles. The summed E-state index contributed by atoms with van der Waals surface area (Å²) in [6, 6.07) is 6.91. The molecule has 1 aromatic carbocycles. The first-order valence-electron chi connectivity index (χ1n) is 6.48. The number of hydrogen-bond acceptors (Lipinski definition) is 6. The topological polar surface area (TPSA) is 84.0 Å². The second-order valence-electron chi connectivity index (χ2n) is 4.60. The molecule has 2 aromatic rings. The minimum atomic E-state index is -3.42. The molecular formula is C13H18N4O2S2. The fourth-order valence-electron chi connectivity index (χ4n) is 1.84. The van der Waals surface area contributed by atoms with Crippen LogP contribution in [0.15, 0.2) is 29.2 Å². The third-order valence-corrected chi connectivity index (χ3v) is 5.32. The molecule has 1 heterocycles. The van der Waals surface area contributed by atoms with Crippen molar-refractivity contribution in [3.63, 3.8) is 0 Å². The molecule has 2 N–H and O–H groups in total. The third-order valence-electron chi connectivity index (χ3n) is 3.06. The number of rotatable bonds is 6. The van der Waals surface area contributed by atoms with Crippen LogP contribution in [0.3, 0.4) is 0 Å². The van der Waals surface area contributed by atoms with Crippen molar-refractivity contribution in [3.8, 4) is 0 Å². The van der Waals surface area contributed by atoms with Crippen molar-refractivity contribution in [1.82, 2.24) is 20.2 Å². The van der Waals surface area contributed by atoms with E-state index in [-0.39, 0.29) is 10.9 Å².